The van der Waals surface area contributed by atoms with Gasteiger partial charge in [0.15, 0.2) is 6.10 Å². The first kappa shape index (κ1) is 71.1. The molecule has 75 heavy (non-hydrogen) atoms. The fraction of sp³-hybridized carbons (Fsp3) is 0.696. The Morgan fingerprint density at radius 3 is 0.813 bits per heavy atom. The van der Waals surface area contributed by atoms with Crippen LogP contribution in [0.5, 0.6) is 0 Å². The van der Waals surface area contributed by atoms with Crippen LogP contribution in [0.1, 0.15) is 290 Å². The Hall–Kier alpha value is -3.93. The van der Waals surface area contributed by atoms with Crippen molar-refractivity contribution >= 4 is 17.9 Å². The molecule has 6 nitrogen and oxygen atoms in total. The third kappa shape index (κ3) is 60.8. The van der Waals surface area contributed by atoms with Gasteiger partial charge in [-0.2, -0.15) is 0 Å². The minimum atomic E-state index is -0.785. The molecule has 0 amide bonds. The smallest absolute Gasteiger partial charge is 0.306 e. The summed E-state index contributed by atoms with van der Waals surface area (Å²) in [6.07, 6.45) is 85.7. The van der Waals surface area contributed by atoms with E-state index in [1.165, 1.54) is 116 Å². The highest BCUT2D eigenvalue weighted by molar-refractivity contribution is 5.71. The van der Waals surface area contributed by atoms with Crippen LogP contribution in [0, 0.1) is 0 Å². The fourth-order valence-corrected chi connectivity index (χ4v) is 8.57. The molecule has 1 unspecified atom stereocenters. The van der Waals surface area contributed by atoms with Crippen molar-refractivity contribution in [3.05, 3.63) is 109 Å². The van der Waals surface area contributed by atoms with Crippen LogP contribution in [-0.2, 0) is 28.6 Å². The summed E-state index contributed by atoms with van der Waals surface area (Å²) in [5, 5.41) is 0. The number of carbonyl (C=O) groups is 3. The first-order chi connectivity index (χ1) is 37.0. The summed E-state index contributed by atoms with van der Waals surface area (Å²) < 4.78 is 16.7. The van der Waals surface area contributed by atoms with E-state index in [1.54, 1.807) is 0 Å². The van der Waals surface area contributed by atoms with Crippen LogP contribution < -0.4 is 0 Å². The average Bonchev–Trinajstić information content (AvgIpc) is 3.41. The molecule has 0 radical (unpaired) electrons. The fourth-order valence-electron chi connectivity index (χ4n) is 8.57. The number of hydrogen-bond donors (Lipinski definition) is 0. The van der Waals surface area contributed by atoms with Gasteiger partial charge in [0.25, 0.3) is 0 Å². The first-order valence-corrected chi connectivity index (χ1v) is 31.4. The molecule has 0 heterocycles. The van der Waals surface area contributed by atoms with Gasteiger partial charge in [-0.05, 0) is 109 Å². The molecule has 0 bridgehead atoms. The molecule has 1 atom stereocenters. The predicted octanol–water partition coefficient (Wildman–Crippen LogP) is 21.4. The summed E-state index contributed by atoms with van der Waals surface area (Å²) in [6.45, 7) is 6.43. The lowest BCUT2D eigenvalue weighted by Gasteiger charge is -2.18. The molecule has 0 aliphatic carbocycles. The van der Waals surface area contributed by atoms with Crippen molar-refractivity contribution in [2.75, 3.05) is 13.2 Å². The number of rotatable bonds is 56. The maximum Gasteiger partial charge on any atom is 0.306 e. The van der Waals surface area contributed by atoms with Crippen molar-refractivity contribution in [3.8, 4) is 0 Å². The highest BCUT2D eigenvalue weighted by Crippen LogP contribution is 2.16. The molecule has 0 aliphatic rings. The summed E-state index contributed by atoms with van der Waals surface area (Å²) in [4.78, 5) is 37.9. The highest BCUT2D eigenvalue weighted by Gasteiger charge is 2.19. The van der Waals surface area contributed by atoms with Crippen LogP contribution in [-0.4, -0.2) is 37.2 Å². The summed E-state index contributed by atoms with van der Waals surface area (Å²) in [5.41, 5.74) is 0. The van der Waals surface area contributed by atoms with Gasteiger partial charge in [-0.3, -0.25) is 14.4 Å². The van der Waals surface area contributed by atoms with Crippen molar-refractivity contribution in [2.45, 2.75) is 297 Å². The maximum atomic E-state index is 12.8. The van der Waals surface area contributed by atoms with Gasteiger partial charge in [0, 0.05) is 19.3 Å². The van der Waals surface area contributed by atoms with Gasteiger partial charge in [-0.1, -0.05) is 271 Å². The molecule has 0 aromatic carbocycles. The van der Waals surface area contributed by atoms with Gasteiger partial charge in [0.2, 0.25) is 0 Å². The predicted molar refractivity (Wildman–Crippen MR) is 325 cm³/mol. The van der Waals surface area contributed by atoms with Crippen LogP contribution in [0.15, 0.2) is 109 Å². The molecule has 0 fully saturated rings. The number of esters is 3. The lowest BCUT2D eigenvalue weighted by molar-refractivity contribution is -0.167. The molecule has 0 saturated carbocycles. The zero-order chi connectivity index (χ0) is 54.3. The van der Waals surface area contributed by atoms with Crippen molar-refractivity contribution < 1.29 is 28.6 Å². The average molecular weight is 1040 g/mol. The highest BCUT2D eigenvalue weighted by atomic mass is 16.6. The minimum absolute atomic E-state index is 0.0854. The topological polar surface area (TPSA) is 78.9 Å². The van der Waals surface area contributed by atoms with Crippen molar-refractivity contribution in [1.29, 1.82) is 0 Å². The quantitative estimate of drug-likeness (QED) is 0.0261. The molecule has 0 aromatic heterocycles. The number of ether oxygens (including phenoxy) is 3. The second-order valence-corrected chi connectivity index (χ2v) is 20.6. The van der Waals surface area contributed by atoms with E-state index in [0.717, 1.165) is 135 Å². The SMILES string of the molecule is CC/C=C\C/C=C\C/C=C\C/C=C\C/C=C\C/C=C\C/C=C\CCCCCCCC(=O)OCC(COC(=O)CCCCCCC)OC(=O)CCCCCCCCCCCCCCC/C=C\C/C=C\CCCCCCC. The Bertz CT molecular complexity index is 1520. The van der Waals surface area contributed by atoms with E-state index in [9.17, 15) is 14.4 Å². The van der Waals surface area contributed by atoms with Crippen LogP contribution >= 0.6 is 0 Å². The zero-order valence-corrected chi connectivity index (χ0v) is 49.0. The molecule has 0 aliphatic heterocycles. The Morgan fingerprint density at radius 2 is 0.520 bits per heavy atom. The van der Waals surface area contributed by atoms with Gasteiger partial charge < -0.3 is 14.2 Å². The Balaban J connectivity index is 4.12. The lowest BCUT2D eigenvalue weighted by atomic mass is 10.0. The Kier molecular flexibility index (Phi) is 59.3. The molecular formula is C69H116O6. The van der Waals surface area contributed by atoms with E-state index >= 15 is 0 Å². The maximum absolute atomic E-state index is 12.8. The minimum Gasteiger partial charge on any atom is -0.462 e. The van der Waals surface area contributed by atoms with E-state index in [4.69, 9.17) is 14.2 Å². The van der Waals surface area contributed by atoms with Crippen LogP contribution in [0.3, 0.4) is 0 Å². The number of allylic oxidation sites excluding steroid dienone is 18. The van der Waals surface area contributed by atoms with E-state index < -0.39 is 6.10 Å². The summed E-state index contributed by atoms with van der Waals surface area (Å²) in [5.74, 6) is -0.916. The van der Waals surface area contributed by atoms with E-state index in [0.29, 0.717) is 19.3 Å². The standard InChI is InChI=1S/C69H116O6/c1-4-7-10-13-15-17-19-21-23-25-27-29-31-33-34-36-37-39-41-43-45-47-49-51-53-56-59-62-68(71)74-65-66(64-73-67(70)61-58-55-12-9-6-3)75-69(72)63-60-57-54-52-50-48-46-44-42-40-38-35-32-30-28-26-24-22-20-18-16-14-11-8-5-2/h7,10,15,17,20-23,26-29,33-34,37,39,43,45,66H,4-6,8-9,11-14,16,18-19,24-25,30-32,35-36,38,40-42,44,46-65H2,1-3H3/b10-7-,17-15-,22-20-,23-21-,28-26-,29-27-,34-33-,39-37-,45-43-. The Morgan fingerprint density at radius 1 is 0.280 bits per heavy atom. The lowest BCUT2D eigenvalue weighted by Crippen LogP contribution is -2.30. The third-order valence-corrected chi connectivity index (χ3v) is 13.3. The monoisotopic (exact) mass is 1040 g/mol. The molecule has 0 rings (SSSR count). The summed E-state index contributed by atoms with van der Waals surface area (Å²) in [6, 6.07) is 0. The van der Waals surface area contributed by atoms with Crippen molar-refractivity contribution in [1.82, 2.24) is 0 Å². The molecule has 0 saturated heterocycles. The molecule has 0 spiro atoms. The van der Waals surface area contributed by atoms with Crippen LogP contribution in [0.2, 0.25) is 0 Å². The molecule has 0 N–H and O–H groups in total. The van der Waals surface area contributed by atoms with Crippen molar-refractivity contribution in [3.63, 3.8) is 0 Å². The van der Waals surface area contributed by atoms with Gasteiger partial charge in [0.05, 0.1) is 0 Å². The van der Waals surface area contributed by atoms with E-state index in [1.807, 2.05) is 0 Å². The normalized spacial score (nSPS) is 12.8. The second-order valence-electron chi connectivity index (χ2n) is 20.6. The number of unbranched alkanes of at least 4 members (excludes halogenated alkanes) is 27. The van der Waals surface area contributed by atoms with Crippen LogP contribution in [0.4, 0.5) is 0 Å². The molecule has 428 valence electrons. The molecular weight excluding hydrogens is 925 g/mol. The van der Waals surface area contributed by atoms with E-state index in [-0.39, 0.29) is 31.1 Å². The van der Waals surface area contributed by atoms with Gasteiger partial charge >= 0.3 is 17.9 Å². The summed E-state index contributed by atoms with van der Waals surface area (Å²) >= 11 is 0. The first-order valence-electron chi connectivity index (χ1n) is 31.4. The second kappa shape index (κ2) is 62.6. The largest absolute Gasteiger partial charge is 0.462 e. The number of carbonyl (C=O) groups excluding carboxylic acids is 3. The van der Waals surface area contributed by atoms with Crippen LogP contribution in [0.25, 0.3) is 0 Å². The van der Waals surface area contributed by atoms with Gasteiger partial charge in [-0.25, -0.2) is 0 Å². The summed E-state index contributed by atoms with van der Waals surface area (Å²) in [7, 11) is 0. The third-order valence-electron chi connectivity index (χ3n) is 13.3. The number of hydrogen-bond acceptors (Lipinski definition) is 6. The Labute approximate surface area is 463 Å². The van der Waals surface area contributed by atoms with Gasteiger partial charge in [-0.15, -0.1) is 0 Å². The van der Waals surface area contributed by atoms with E-state index in [2.05, 4.69) is 130 Å². The zero-order valence-electron chi connectivity index (χ0n) is 49.0. The van der Waals surface area contributed by atoms with Crippen molar-refractivity contribution in [2.24, 2.45) is 0 Å². The molecule has 0 aromatic rings. The van der Waals surface area contributed by atoms with Gasteiger partial charge in [0.1, 0.15) is 13.2 Å². The molecule has 6 heteroatoms.